The second-order valence-electron chi connectivity index (χ2n) is 9.59. The fourth-order valence-electron chi connectivity index (χ4n) is 4.82. The molecule has 3 aromatic carbocycles. The largest absolute Gasteiger partial charge is 0.322 e. The summed E-state index contributed by atoms with van der Waals surface area (Å²) in [5, 5.41) is 2.75. The number of benzene rings is 3. The van der Waals surface area contributed by atoms with E-state index in [2.05, 4.69) is 5.32 Å². The van der Waals surface area contributed by atoms with E-state index in [1.165, 1.54) is 0 Å². The highest BCUT2D eigenvalue weighted by molar-refractivity contribution is 8.00. The zero-order chi connectivity index (χ0) is 26.5. The Morgan fingerprint density at radius 2 is 1.53 bits per heavy atom. The number of sulfonamides is 1. The van der Waals surface area contributed by atoms with Crippen LogP contribution < -0.4 is 5.32 Å². The number of nitrogens with one attached hydrogen (secondary N) is 1. The van der Waals surface area contributed by atoms with Crippen molar-refractivity contribution in [2.45, 2.75) is 42.5 Å². The molecule has 2 saturated heterocycles. The lowest BCUT2D eigenvalue weighted by atomic mass is 10.1. The molecule has 2 aliphatic rings. The lowest BCUT2D eigenvalue weighted by Crippen LogP contribution is -2.31. The van der Waals surface area contributed by atoms with Gasteiger partial charge in [0.05, 0.1) is 10.6 Å². The van der Waals surface area contributed by atoms with Gasteiger partial charge in [-0.25, -0.2) is 8.42 Å². The number of hydrogen-bond acceptors (Lipinski definition) is 5. The summed E-state index contributed by atoms with van der Waals surface area (Å²) in [5.74, 6) is 0.256. The Kier molecular flexibility index (Phi) is 8.16. The van der Waals surface area contributed by atoms with E-state index >= 15 is 0 Å². The molecule has 1 N–H and O–H groups in total. The minimum absolute atomic E-state index is 0.0986. The highest BCUT2D eigenvalue weighted by atomic mass is 32.2. The molecule has 9 heteroatoms. The second kappa shape index (κ2) is 11.7. The van der Waals surface area contributed by atoms with Crippen LogP contribution in [-0.4, -0.2) is 48.3 Å². The highest BCUT2D eigenvalue weighted by Gasteiger charge is 2.32. The number of thioether (sulfide) groups is 1. The average molecular weight is 550 g/mol. The van der Waals surface area contributed by atoms with Gasteiger partial charge in [0.15, 0.2) is 0 Å². The average Bonchev–Trinajstić information content (AvgIpc) is 3.11. The maximum Gasteiger partial charge on any atom is 0.255 e. The molecule has 0 spiro atoms. The zero-order valence-corrected chi connectivity index (χ0v) is 22.7. The molecule has 0 bridgehead atoms. The molecule has 1 atom stereocenters. The van der Waals surface area contributed by atoms with Gasteiger partial charge >= 0.3 is 0 Å². The monoisotopic (exact) mass is 549 g/mol. The SMILES string of the molecule is O=C(Nc1ccc(S(=O)(=O)N2CCCCCC2)cc1)c1ccc([C@H]2SCC(=O)N2Cc2ccccc2)cc1. The van der Waals surface area contributed by atoms with Crippen molar-refractivity contribution < 1.29 is 18.0 Å². The zero-order valence-electron chi connectivity index (χ0n) is 21.1. The van der Waals surface area contributed by atoms with E-state index in [0.717, 1.165) is 36.8 Å². The fourth-order valence-corrected chi connectivity index (χ4v) is 7.53. The van der Waals surface area contributed by atoms with Crippen LogP contribution in [0.2, 0.25) is 0 Å². The Balaban J connectivity index is 1.23. The molecule has 0 saturated carbocycles. The minimum atomic E-state index is -3.53. The first-order valence-corrected chi connectivity index (χ1v) is 15.4. The summed E-state index contributed by atoms with van der Waals surface area (Å²) in [6.07, 6.45) is 3.88. The van der Waals surface area contributed by atoms with Crippen molar-refractivity contribution in [3.05, 3.63) is 95.6 Å². The third-order valence-electron chi connectivity index (χ3n) is 6.94. The summed E-state index contributed by atoms with van der Waals surface area (Å²) in [5.41, 5.74) is 3.06. The number of anilines is 1. The van der Waals surface area contributed by atoms with Crippen molar-refractivity contribution in [3.63, 3.8) is 0 Å². The predicted molar refractivity (Wildman–Crippen MR) is 150 cm³/mol. The Bertz CT molecular complexity index is 1370. The van der Waals surface area contributed by atoms with Gasteiger partial charge in [-0.15, -0.1) is 11.8 Å². The molecule has 3 aromatic rings. The van der Waals surface area contributed by atoms with Crippen LogP contribution in [0.25, 0.3) is 0 Å². The van der Waals surface area contributed by atoms with Crippen LogP contribution in [-0.2, 0) is 21.4 Å². The number of rotatable bonds is 7. The maximum atomic E-state index is 13.0. The Morgan fingerprint density at radius 1 is 0.868 bits per heavy atom. The molecular weight excluding hydrogens is 518 g/mol. The van der Waals surface area contributed by atoms with Crippen molar-refractivity contribution in [1.82, 2.24) is 9.21 Å². The van der Waals surface area contributed by atoms with Gasteiger partial charge in [0.2, 0.25) is 15.9 Å². The van der Waals surface area contributed by atoms with Gasteiger partial charge in [-0.05, 0) is 60.4 Å². The van der Waals surface area contributed by atoms with E-state index in [-0.39, 0.29) is 22.1 Å². The van der Waals surface area contributed by atoms with E-state index < -0.39 is 10.0 Å². The van der Waals surface area contributed by atoms with E-state index in [9.17, 15) is 18.0 Å². The molecule has 2 amide bonds. The van der Waals surface area contributed by atoms with E-state index in [1.807, 2.05) is 47.4 Å². The topological polar surface area (TPSA) is 86.8 Å². The standard InChI is InChI=1S/C29H31N3O4S2/c33-27-21-37-29(32(27)20-22-8-4-3-5-9-22)24-12-10-23(11-13-24)28(34)30-25-14-16-26(17-15-25)38(35,36)31-18-6-1-2-7-19-31/h3-5,8-17,29H,1-2,6-7,18-21H2,(H,30,34)/t29-/m1/s1. The Morgan fingerprint density at radius 3 is 2.18 bits per heavy atom. The van der Waals surface area contributed by atoms with Gasteiger partial charge in [-0.2, -0.15) is 4.31 Å². The number of nitrogens with zero attached hydrogens (tertiary/aromatic N) is 2. The number of carbonyl (C=O) groups excluding carboxylic acids is 2. The van der Waals surface area contributed by atoms with E-state index in [4.69, 9.17) is 0 Å². The van der Waals surface area contributed by atoms with Gasteiger partial charge in [-0.3, -0.25) is 9.59 Å². The fraction of sp³-hybridized carbons (Fsp3) is 0.310. The number of hydrogen-bond donors (Lipinski definition) is 1. The molecule has 38 heavy (non-hydrogen) atoms. The normalized spacial score (nSPS) is 18.8. The highest BCUT2D eigenvalue weighted by Crippen LogP contribution is 2.39. The van der Waals surface area contributed by atoms with Crippen LogP contribution in [0, 0.1) is 0 Å². The molecule has 0 aliphatic carbocycles. The molecule has 7 nitrogen and oxygen atoms in total. The van der Waals surface area contributed by atoms with Crippen LogP contribution in [0.5, 0.6) is 0 Å². The van der Waals surface area contributed by atoms with Crippen molar-refractivity contribution >= 4 is 39.3 Å². The molecule has 5 rings (SSSR count). The summed E-state index contributed by atoms with van der Waals surface area (Å²) in [7, 11) is -3.53. The Labute approximate surface area is 228 Å². The van der Waals surface area contributed by atoms with Gasteiger partial charge in [0.25, 0.3) is 5.91 Å². The van der Waals surface area contributed by atoms with Gasteiger partial charge in [-0.1, -0.05) is 55.3 Å². The van der Waals surface area contributed by atoms with Crippen LogP contribution >= 0.6 is 11.8 Å². The van der Waals surface area contributed by atoms with Crippen molar-refractivity contribution in [2.24, 2.45) is 0 Å². The molecule has 2 aliphatic heterocycles. The number of carbonyl (C=O) groups is 2. The van der Waals surface area contributed by atoms with Crippen LogP contribution in [0.3, 0.4) is 0 Å². The summed E-state index contributed by atoms with van der Waals surface area (Å²) in [4.78, 5) is 27.5. The molecule has 0 aromatic heterocycles. The van der Waals surface area contributed by atoms with Crippen molar-refractivity contribution in [3.8, 4) is 0 Å². The lowest BCUT2D eigenvalue weighted by Gasteiger charge is -2.24. The predicted octanol–water partition coefficient (Wildman–Crippen LogP) is 5.28. The lowest BCUT2D eigenvalue weighted by molar-refractivity contribution is -0.128. The molecule has 2 fully saturated rings. The maximum absolute atomic E-state index is 13.0. The first-order chi connectivity index (χ1) is 18.4. The van der Waals surface area contributed by atoms with Crippen molar-refractivity contribution in [2.75, 3.05) is 24.2 Å². The first-order valence-electron chi connectivity index (χ1n) is 12.9. The first kappa shape index (κ1) is 26.5. The third kappa shape index (κ3) is 5.95. The summed E-state index contributed by atoms with van der Waals surface area (Å²) < 4.78 is 27.5. The molecule has 198 valence electrons. The van der Waals surface area contributed by atoms with Crippen LogP contribution in [0.4, 0.5) is 5.69 Å². The smallest absolute Gasteiger partial charge is 0.255 e. The van der Waals surface area contributed by atoms with E-state index in [0.29, 0.717) is 36.6 Å². The molecule has 2 heterocycles. The molecular formula is C29H31N3O4S2. The van der Waals surface area contributed by atoms with Gasteiger partial charge < -0.3 is 10.2 Å². The Hall–Kier alpha value is -3.14. The molecule has 0 unspecified atom stereocenters. The number of amides is 2. The van der Waals surface area contributed by atoms with Gasteiger partial charge in [0.1, 0.15) is 5.37 Å². The van der Waals surface area contributed by atoms with Crippen LogP contribution in [0.1, 0.15) is 52.5 Å². The summed E-state index contributed by atoms with van der Waals surface area (Å²) in [6.45, 7) is 1.64. The summed E-state index contributed by atoms with van der Waals surface area (Å²) >= 11 is 1.59. The quantitative estimate of drug-likeness (QED) is 0.434. The van der Waals surface area contributed by atoms with E-state index in [1.54, 1.807) is 52.5 Å². The second-order valence-corrected chi connectivity index (χ2v) is 12.6. The summed E-state index contributed by atoms with van der Waals surface area (Å²) in [6, 6.07) is 23.6. The minimum Gasteiger partial charge on any atom is -0.322 e. The van der Waals surface area contributed by atoms with Crippen molar-refractivity contribution in [1.29, 1.82) is 0 Å². The third-order valence-corrected chi connectivity index (χ3v) is 10.1. The van der Waals surface area contributed by atoms with Gasteiger partial charge in [0, 0.05) is 30.9 Å². The molecule has 0 radical (unpaired) electrons. The van der Waals surface area contributed by atoms with Crippen LogP contribution in [0.15, 0.2) is 83.8 Å².